The number of piperazine rings is 1. The van der Waals surface area contributed by atoms with Gasteiger partial charge in [0.2, 0.25) is 10.0 Å². The molecule has 1 aromatic carbocycles. The van der Waals surface area contributed by atoms with Crippen molar-refractivity contribution in [1.82, 2.24) is 18.8 Å². The molecule has 4 rings (SSSR count). The van der Waals surface area contributed by atoms with E-state index < -0.39 is 10.0 Å². The number of hydrogen-bond acceptors (Lipinski definition) is 5. The zero-order valence-corrected chi connectivity index (χ0v) is 17.7. The lowest BCUT2D eigenvalue weighted by Crippen LogP contribution is -2.49. The lowest BCUT2D eigenvalue weighted by atomic mass is 10.1. The zero-order chi connectivity index (χ0) is 20.6. The molecule has 7 nitrogen and oxygen atoms in total. The molecular weight excluding hydrogens is 386 g/mol. The summed E-state index contributed by atoms with van der Waals surface area (Å²) in [6, 6.07) is 11.2. The van der Waals surface area contributed by atoms with Crippen molar-refractivity contribution in [3.8, 4) is 5.82 Å². The molecule has 1 saturated heterocycles. The maximum atomic E-state index is 13.0. The first kappa shape index (κ1) is 19.6. The van der Waals surface area contributed by atoms with Crippen LogP contribution in [0.2, 0.25) is 0 Å². The minimum absolute atomic E-state index is 0.363. The minimum atomic E-state index is -3.49. The van der Waals surface area contributed by atoms with E-state index in [-0.39, 0.29) is 0 Å². The van der Waals surface area contributed by atoms with Gasteiger partial charge >= 0.3 is 0 Å². The molecule has 1 aliphatic heterocycles. The highest BCUT2D eigenvalue weighted by Crippen LogP contribution is 2.23. The summed E-state index contributed by atoms with van der Waals surface area (Å²) in [5, 5.41) is 0. The third-order valence-corrected chi connectivity index (χ3v) is 7.25. The summed E-state index contributed by atoms with van der Waals surface area (Å²) < 4.78 is 29.6. The number of benzene rings is 1. The van der Waals surface area contributed by atoms with Crippen LogP contribution in [0.1, 0.15) is 17.0 Å². The molecule has 0 N–H and O–H groups in total. The van der Waals surface area contributed by atoms with Crippen LogP contribution in [0.5, 0.6) is 0 Å². The first-order valence-corrected chi connectivity index (χ1v) is 11.1. The van der Waals surface area contributed by atoms with Gasteiger partial charge in [-0.1, -0.05) is 6.07 Å². The van der Waals surface area contributed by atoms with E-state index in [4.69, 9.17) is 0 Å². The van der Waals surface area contributed by atoms with Gasteiger partial charge in [-0.15, -0.1) is 0 Å². The summed E-state index contributed by atoms with van der Waals surface area (Å²) >= 11 is 0. The number of rotatable bonds is 4. The molecule has 0 amide bonds. The molecule has 0 bridgehead atoms. The van der Waals surface area contributed by atoms with E-state index in [0.29, 0.717) is 36.9 Å². The molecule has 0 unspecified atom stereocenters. The second kappa shape index (κ2) is 7.61. The van der Waals surface area contributed by atoms with Crippen molar-refractivity contribution < 1.29 is 8.42 Å². The molecule has 0 radical (unpaired) electrons. The summed E-state index contributed by atoms with van der Waals surface area (Å²) in [6.07, 6.45) is 3.89. The molecule has 8 heteroatoms. The van der Waals surface area contributed by atoms with E-state index >= 15 is 0 Å². The third-order valence-electron chi connectivity index (χ3n) is 5.36. The lowest BCUT2D eigenvalue weighted by molar-refractivity contribution is 0.383. The molecule has 29 heavy (non-hydrogen) atoms. The monoisotopic (exact) mass is 411 g/mol. The summed E-state index contributed by atoms with van der Waals surface area (Å²) in [4.78, 5) is 11.5. The normalized spacial score (nSPS) is 15.6. The van der Waals surface area contributed by atoms with Gasteiger partial charge in [0, 0.05) is 44.6 Å². The van der Waals surface area contributed by atoms with Gasteiger partial charge in [-0.25, -0.2) is 18.4 Å². The third kappa shape index (κ3) is 3.90. The van der Waals surface area contributed by atoms with Gasteiger partial charge in [0.25, 0.3) is 0 Å². The van der Waals surface area contributed by atoms with E-state index in [1.807, 2.05) is 62.0 Å². The van der Waals surface area contributed by atoms with E-state index in [9.17, 15) is 8.42 Å². The van der Waals surface area contributed by atoms with Crippen LogP contribution >= 0.6 is 0 Å². The quantitative estimate of drug-likeness (QED) is 0.660. The second-order valence-corrected chi connectivity index (χ2v) is 9.30. The van der Waals surface area contributed by atoms with Crippen LogP contribution in [-0.2, 0) is 10.0 Å². The Hall–Kier alpha value is -2.71. The molecular formula is C21H25N5O2S. The Morgan fingerprint density at radius 2 is 1.48 bits per heavy atom. The van der Waals surface area contributed by atoms with Crippen LogP contribution in [0.3, 0.4) is 0 Å². The van der Waals surface area contributed by atoms with Crippen molar-refractivity contribution in [2.45, 2.75) is 25.7 Å². The van der Waals surface area contributed by atoms with Gasteiger partial charge in [-0.05, 0) is 56.2 Å². The Morgan fingerprint density at radius 1 is 0.828 bits per heavy atom. The SMILES string of the molecule is Cc1nc(N2CCN(S(=O)(=O)c3ccc(C)c(C)c3)CC2)cc(-n2cccc2)n1. The predicted molar refractivity (Wildman–Crippen MR) is 113 cm³/mol. The van der Waals surface area contributed by atoms with Gasteiger partial charge in [-0.2, -0.15) is 4.31 Å². The number of aromatic nitrogens is 3. The standard InChI is InChI=1S/C21H25N5O2S/c1-16-6-7-19(14-17(16)2)29(27,28)26-12-10-25(11-13-26)21-15-20(22-18(3)23-21)24-8-4-5-9-24/h4-9,14-15H,10-13H2,1-3H3. The highest BCUT2D eigenvalue weighted by Gasteiger charge is 2.29. The van der Waals surface area contributed by atoms with Crippen molar-refractivity contribution in [2.75, 3.05) is 31.1 Å². The van der Waals surface area contributed by atoms with Crippen molar-refractivity contribution >= 4 is 15.8 Å². The number of nitrogens with zero attached hydrogens (tertiary/aromatic N) is 5. The van der Waals surface area contributed by atoms with Gasteiger partial charge < -0.3 is 9.47 Å². The maximum absolute atomic E-state index is 13.0. The fraction of sp³-hybridized carbons (Fsp3) is 0.333. The molecule has 0 spiro atoms. The van der Waals surface area contributed by atoms with Crippen molar-refractivity contribution in [3.05, 3.63) is 65.7 Å². The molecule has 0 atom stereocenters. The second-order valence-electron chi connectivity index (χ2n) is 7.36. The summed E-state index contributed by atoms with van der Waals surface area (Å²) in [7, 11) is -3.49. The highest BCUT2D eigenvalue weighted by molar-refractivity contribution is 7.89. The molecule has 2 aromatic heterocycles. The van der Waals surface area contributed by atoms with E-state index in [0.717, 1.165) is 22.8 Å². The topological polar surface area (TPSA) is 71.3 Å². The Balaban J connectivity index is 1.52. The van der Waals surface area contributed by atoms with Gasteiger partial charge in [-0.3, -0.25) is 0 Å². The number of aryl methyl sites for hydroxylation is 3. The Kier molecular flexibility index (Phi) is 5.14. The smallest absolute Gasteiger partial charge is 0.243 e. The van der Waals surface area contributed by atoms with Crippen LogP contribution in [0.25, 0.3) is 5.82 Å². The van der Waals surface area contributed by atoms with Crippen LogP contribution in [0, 0.1) is 20.8 Å². The highest BCUT2D eigenvalue weighted by atomic mass is 32.2. The minimum Gasteiger partial charge on any atom is -0.354 e. The van der Waals surface area contributed by atoms with Crippen LogP contribution in [0.15, 0.2) is 53.7 Å². The van der Waals surface area contributed by atoms with E-state index in [2.05, 4.69) is 14.9 Å². The van der Waals surface area contributed by atoms with E-state index in [1.165, 1.54) is 0 Å². The summed E-state index contributed by atoms with van der Waals surface area (Å²) in [5.41, 5.74) is 2.07. The van der Waals surface area contributed by atoms with Crippen LogP contribution < -0.4 is 4.90 Å². The fourth-order valence-electron chi connectivity index (χ4n) is 3.50. The first-order valence-electron chi connectivity index (χ1n) is 9.66. The molecule has 1 aliphatic rings. The van der Waals surface area contributed by atoms with Crippen LogP contribution in [0.4, 0.5) is 5.82 Å². The van der Waals surface area contributed by atoms with Gasteiger partial charge in [0.15, 0.2) is 0 Å². The zero-order valence-electron chi connectivity index (χ0n) is 16.9. The maximum Gasteiger partial charge on any atom is 0.243 e. The van der Waals surface area contributed by atoms with Gasteiger partial charge in [0.1, 0.15) is 17.5 Å². The largest absolute Gasteiger partial charge is 0.354 e. The lowest BCUT2D eigenvalue weighted by Gasteiger charge is -2.35. The van der Waals surface area contributed by atoms with E-state index in [1.54, 1.807) is 16.4 Å². The number of hydrogen-bond donors (Lipinski definition) is 0. The molecule has 152 valence electrons. The van der Waals surface area contributed by atoms with Crippen molar-refractivity contribution in [2.24, 2.45) is 0 Å². The summed E-state index contributed by atoms with van der Waals surface area (Å²) in [5.74, 6) is 2.32. The molecule has 0 saturated carbocycles. The molecule has 1 fully saturated rings. The van der Waals surface area contributed by atoms with Crippen molar-refractivity contribution in [3.63, 3.8) is 0 Å². The summed E-state index contributed by atoms with van der Waals surface area (Å²) in [6.45, 7) is 7.82. The Morgan fingerprint density at radius 3 is 2.14 bits per heavy atom. The first-order chi connectivity index (χ1) is 13.8. The van der Waals surface area contributed by atoms with Gasteiger partial charge in [0.05, 0.1) is 4.90 Å². The average Bonchev–Trinajstić information content (AvgIpc) is 3.24. The molecule has 3 heterocycles. The average molecular weight is 412 g/mol. The number of anilines is 1. The van der Waals surface area contributed by atoms with Crippen LogP contribution in [-0.4, -0.2) is 53.4 Å². The van der Waals surface area contributed by atoms with Crippen molar-refractivity contribution in [1.29, 1.82) is 0 Å². The Labute approximate surface area is 171 Å². The number of sulfonamides is 1. The fourth-order valence-corrected chi connectivity index (χ4v) is 5.01. The molecule has 0 aliphatic carbocycles. The Bertz CT molecular complexity index is 1120. The predicted octanol–water partition coefficient (Wildman–Crippen LogP) is 2.70. The molecule has 3 aromatic rings.